The fourth-order valence-corrected chi connectivity index (χ4v) is 3.45. The van der Waals surface area contributed by atoms with Crippen molar-refractivity contribution in [3.63, 3.8) is 0 Å². The molecule has 32 heavy (non-hydrogen) atoms. The Morgan fingerprint density at radius 2 is 1.78 bits per heavy atom. The Hall–Kier alpha value is -2.95. The predicted molar refractivity (Wildman–Crippen MR) is 136 cm³/mol. The molecular weight excluding hydrogens is 396 g/mol. The first-order valence-electron chi connectivity index (χ1n) is 11.6. The molecule has 2 aliphatic rings. The number of aromatic nitrogens is 1. The second kappa shape index (κ2) is 15.8. The highest BCUT2D eigenvalue weighted by Gasteiger charge is 2.14. The quantitative estimate of drug-likeness (QED) is 0.430. The molecule has 0 spiro atoms. The van der Waals surface area contributed by atoms with Crippen LogP contribution in [0.5, 0.6) is 0 Å². The zero-order chi connectivity index (χ0) is 23.8. The van der Waals surface area contributed by atoms with E-state index in [1.807, 2.05) is 76.3 Å². The van der Waals surface area contributed by atoms with E-state index in [2.05, 4.69) is 22.4 Å². The number of aryl methyl sites for hydroxylation is 2. The van der Waals surface area contributed by atoms with E-state index in [0.29, 0.717) is 6.04 Å². The van der Waals surface area contributed by atoms with Crippen molar-refractivity contribution in [3.05, 3.63) is 63.8 Å². The lowest BCUT2D eigenvalue weighted by molar-refractivity contribution is 0.112. The van der Waals surface area contributed by atoms with Gasteiger partial charge in [0.1, 0.15) is 6.29 Å². The summed E-state index contributed by atoms with van der Waals surface area (Å²) in [4.78, 5) is 16.6. The zero-order valence-electron chi connectivity index (χ0n) is 20.4. The number of benzene rings is 1. The maximum Gasteiger partial charge on any atom is 0.150 e. The summed E-state index contributed by atoms with van der Waals surface area (Å²) in [6.45, 7) is 8.86. The molecule has 0 amide bonds. The van der Waals surface area contributed by atoms with E-state index in [-0.39, 0.29) is 0 Å². The molecule has 1 fully saturated rings. The van der Waals surface area contributed by atoms with Crippen LogP contribution in [0.15, 0.2) is 36.5 Å². The Labute approximate surface area is 193 Å². The van der Waals surface area contributed by atoms with Crippen LogP contribution in [0.2, 0.25) is 0 Å². The van der Waals surface area contributed by atoms with Crippen molar-refractivity contribution in [2.24, 2.45) is 0 Å². The molecule has 0 unspecified atom stereocenters. The van der Waals surface area contributed by atoms with Crippen molar-refractivity contribution in [3.8, 4) is 0 Å². The maximum absolute atomic E-state index is 10.5. The van der Waals surface area contributed by atoms with Gasteiger partial charge in [0, 0.05) is 43.3 Å². The number of rotatable bonds is 3. The molecule has 2 N–H and O–H groups in total. The van der Waals surface area contributed by atoms with E-state index in [4.69, 9.17) is 5.41 Å². The van der Waals surface area contributed by atoms with Gasteiger partial charge in [-0.1, -0.05) is 57.4 Å². The molecule has 1 aromatic carbocycles. The van der Waals surface area contributed by atoms with E-state index in [9.17, 15) is 4.79 Å². The average molecular weight is 437 g/mol. The SMILES string of the molecule is CC.CN(C=N)C1CCCCC1.Cc1ccc(C)nc1.O=Cc1ccc2c(c1)=CCNC=2. The maximum atomic E-state index is 10.5. The molecule has 1 aromatic heterocycles. The van der Waals surface area contributed by atoms with E-state index in [1.54, 1.807) is 0 Å². The number of nitrogens with one attached hydrogen (secondary N) is 2. The molecule has 4 rings (SSSR count). The monoisotopic (exact) mass is 436 g/mol. The number of carbonyl (C=O) groups is 1. The number of aldehydes is 1. The Morgan fingerprint density at radius 3 is 2.34 bits per heavy atom. The third-order valence-corrected chi connectivity index (χ3v) is 5.36. The summed E-state index contributed by atoms with van der Waals surface area (Å²) in [5, 5.41) is 12.4. The van der Waals surface area contributed by atoms with Gasteiger partial charge in [0.15, 0.2) is 0 Å². The van der Waals surface area contributed by atoms with Crippen LogP contribution in [0.4, 0.5) is 0 Å². The van der Waals surface area contributed by atoms with Crippen molar-refractivity contribution in [2.45, 2.75) is 65.8 Å². The lowest BCUT2D eigenvalue weighted by atomic mass is 9.95. The highest BCUT2D eigenvalue weighted by molar-refractivity contribution is 5.74. The molecule has 174 valence electrons. The third-order valence-electron chi connectivity index (χ3n) is 5.36. The standard InChI is InChI=1S/C10H9NO.C8H16N2.C7H9N.C2H6/c12-7-8-1-2-10-6-11-4-3-9(10)5-8;1-10(7-9)8-5-3-2-4-6-8;1-6-3-4-7(2)8-5-6;1-2/h1-3,5-7,11H,4H2;7-9H,2-6H2,1H3;3-5H,1-2H3;1-2H3. The molecule has 0 atom stereocenters. The molecule has 2 aromatic rings. The predicted octanol–water partition coefficient (Wildman–Crippen LogP) is 4.20. The number of carbonyl (C=O) groups excluding carboxylic acids is 1. The Balaban J connectivity index is 0.000000235. The van der Waals surface area contributed by atoms with Gasteiger partial charge in [-0.25, -0.2) is 0 Å². The normalized spacial score (nSPS) is 13.9. The van der Waals surface area contributed by atoms with E-state index in [1.165, 1.54) is 44.0 Å². The van der Waals surface area contributed by atoms with Crippen LogP contribution in [0, 0.1) is 19.3 Å². The van der Waals surface area contributed by atoms with Crippen LogP contribution in [0.3, 0.4) is 0 Å². The fourth-order valence-electron chi connectivity index (χ4n) is 3.45. The first-order chi connectivity index (χ1) is 15.5. The van der Waals surface area contributed by atoms with Crippen LogP contribution in [-0.2, 0) is 0 Å². The number of hydrogen-bond acceptors (Lipinski definition) is 4. The molecule has 1 aliphatic carbocycles. The molecule has 5 nitrogen and oxygen atoms in total. The summed E-state index contributed by atoms with van der Waals surface area (Å²) in [6.07, 6.45) is 14.9. The summed E-state index contributed by atoms with van der Waals surface area (Å²) in [7, 11) is 2.00. The summed E-state index contributed by atoms with van der Waals surface area (Å²) >= 11 is 0. The van der Waals surface area contributed by atoms with Gasteiger partial charge in [-0.3, -0.25) is 15.2 Å². The summed E-state index contributed by atoms with van der Waals surface area (Å²) in [6, 6.07) is 10.4. The number of hydrogen-bond donors (Lipinski definition) is 2. The minimum absolute atomic E-state index is 0.659. The van der Waals surface area contributed by atoms with Crippen molar-refractivity contribution in [1.29, 1.82) is 5.41 Å². The number of fused-ring (bicyclic) bond motifs is 1. The Bertz CT molecular complexity index is 895. The van der Waals surface area contributed by atoms with Crippen LogP contribution in [-0.4, -0.2) is 42.1 Å². The zero-order valence-corrected chi connectivity index (χ0v) is 20.4. The van der Waals surface area contributed by atoms with Gasteiger partial charge in [0.05, 0.1) is 6.34 Å². The average Bonchev–Trinajstić information content (AvgIpc) is 2.87. The van der Waals surface area contributed by atoms with Crippen molar-refractivity contribution >= 4 is 24.9 Å². The molecule has 1 saturated carbocycles. The summed E-state index contributed by atoms with van der Waals surface area (Å²) in [5.74, 6) is 0. The van der Waals surface area contributed by atoms with Gasteiger partial charge in [0.2, 0.25) is 0 Å². The molecule has 1 aliphatic heterocycles. The van der Waals surface area contributed by atoms with Gasteiger partial charge in [0.25, 0.3) is 0 Å². The smallest absolute Gasteiger partial charge is 0.150 e. The van der Waals surface area contributed by atoms with Gasteiger partial charge in [-0.2, -0.15) is 0 Å². The lowest BCUT2D eigenvalue weighted by Gasteiger charge is -2.28. The van der Waals surface area contributed by atoms with E-state index in [0.717, 1.165) is 34.5 Å². The number of pyridine rings is 1. The van der Waals surface area contributed by atoms with Gasteiger partial charge < -0.3 is 10.2 Å². The van der Waals surface area contributed by atoms with Crippen LogP contribution in [0.25, 0.3) is 12.3 Å². The van der Waals surface area contributed by atoms with Crippen LogP contribution >= 0.6 is 0 Å². The second-order valence-corrected chi connectivity index (χ2v) is 7.83. The third kappa shape index (κ3) is 9.90. The highest BCUT2D eigenvalue weighted by Crippen LogP contribution is 2.20. The van der Waals surface area contributed by atoms with Crippen LogP contribution < -0.4 is 15.8 Å². The molecule has 0 bridgehead atoms. The molecule has 0 saturated heterocycles. The Kier molecular flexibility index (Phi) is 13.4. The van der Waals surface area contributed by atoms with E-state index >= 15 is 0 Å². The fraction of sp³-hybridized carbons (Fsp3) is 0.444. The minimum Gasteiger partial charge on any atom is -0.387 e. The second-order valence-electron chi connectivity index (χ2n) is 7.83. The topological polar surface area (TPSA) is 69.1 Å². The lowest BCUT2D eigenvalue weighted by Crippen LogP contribution is -2.32. The van der Waals surface area contributed by atoms with Crippen molar-refractivity contribution in [2.75, 3.05) is 13.6 Å². The van der Waals surface area contributed by atoms with Crippen molar-refractivity contribution < 1.29 is 4.79 Å². The van der Waals surface area contributed by atoms with E-state index < -0.39 is 0 Å². The van der Waals surface area contributed by atoms with Crippen LogP contribution in [0.1, 0.15) is 67.6 Å². The largest absolute Gasteiger partial charge is 0.387 e. The molecule has 5 heteroatoms. The molecular formula is C27H40N4O. The van der Waals surface area contributed by atoms with Gasteiger partial charge >= 0.3 is 0 Å². The molecule has 2 heterocycles. The van der Waals surface area contributed by atoms with Crippen molar-refractivity contribution in [1.82, 2.24) is 15.2 Å². The first-order valence-corrected chi connectivity index (χ1v) is 11.6. The minimum atomic E-state index is 0.659. The molecule has 0 radical (unpaired) electrons. The summed E-state index contributed by atoms with van der Waals surface area (Å²) < 4.78 is 0. The highest BCUT2D eigenvalue weighted by atomic mass is 16.1. The summed E-state index contributed by atoms with van der Waals surface area (Å²) in [5.41, 5.74) is 3.03. The number of nitrogens with zero attached hydrogens (tertiary/aromatic N) is 2. The Morgan fingerprint density at radius 1 is 1.06 bits per heavy atom. The van der Waals surface area contributed by atoms with Gasteiger partial charge in [-0.05, 0) is 54.8 Å². The first kappa shape index (κ1) is 27.1. The van der Waals surface area contributed by atoms with Gasteiger partial charge in [-0.15, -0.1) is 0 Å².